The largest absolute Gasteiger partial charge is 0.487 e. The molecule has 1 N–H and O–H groups in total. The molecule has 0 aromatic heterocycles. The van der Waals surface area contributed by atoms with Gasteiger partial charge in [0.25, 0.3) is 0 Å². The van der Waals surface area contributed by atoms with Crippen LogP contribution in [0.1, 0.15) is 11.1 Å². The Kier molecular flexibility index (Phi) is 6.19. The molecular weight excluding hydrogens is 377 g/mol. The van der Waals surface area contributed by atoms with E-state index in [1.54, 1.807) is 6.07 Å². The van der Waals surface area contributed by atoms with Crippen molar-refractivity contribution in [1.82, 2.24) is 4.90 Å². The van der Waals surface area contributed by atoms with Crippen molar-refractivity contribution in [2.24, 2.45) is 0 Å². The third-order valence-corrected chi connectivity index (χ3v) is 5.60. The topological polar surface area (TPSA) is 27.7 Å². The average molecular weight is 406 g/mol. The molecule has 5 heteroatoms. The lowest BCUT2D eigenvalue weighted by atomic mass is 10.1. The molecule has 0 unspecified atom stereocenters. The summed E-state index contributed by atoms with van der Waals surface area (Å²) in [4.78, 5) is 4.58. The van der Waals surface area contributed by atoms with Gasteiger partial charge in [-0.3, -0.25) is 0 Å². The smallest absolute Gasteiger partial charge is 0.143 e. The summed E-state index contributed by atoms with van der Waals surface area (Å²) < 4.78 is 19.8. The summed E-state index contributed by atoms with van der Waals surface area (Å²) >= 11 is 0. The molecule has 1 aliphatic rings. The third kappa shape index (κ3) is 4.57. The Labute approximate surface area is 177 Å². The van der Waals surface area contributed by atoms with Crippen molar-refractivity contribution in [1.29, 1.82) is 0 Å². The number of likely N-dealkylation sites (N-methyl/N-ethyl adjacent to an activating group) is 1. The highest BCUT2D eigenvalue weighted by Crippen LogP contribution is 2.39. The molecule has 3 aromatic rings. The fourth-order valence-corrected chi connectivity index (χ4v) is 3.80. The van der Waals surface area contributed by atoms with Gasteiger partial charge in [-0.2, -0.15) is 0 Å². The molecule has 0 bridgehead atoms. The maximum atomic E-state index is 13.8. The number of nitrogens with zero attached hydrogens (tertiary/aromatic N) is 2. The summed E-state index contributed by atoms with van der Waals surface area (Å²) in [6.07, 6.45) is 1.00. The third-order valence-electron chi connectivity index (χ3n) is 5.60. The van der Waals surface area contributed by atoms with Gasteiger partial charge in [0, 0.05) is 43.6 Å². The number of rotatable bonds is 7. The first-order valence-electron chi connectivity index (χ1n) is 10.4. The van der Waals surface area contributed by atoms with E-state index in [0.29, 0.717) is 6.61 Å². The number of benzene rings is 3. The van der Waals surface area contributed by atoms with Gasteiger partial charge < -0.3 is 19.9 Å². The van der Waals surface area contributed by atoms with Gasteiger partial charge in [0.2, 0.25) is 0 Å². The molecule has 0 amide bonds. The normalized spacial score (nSPS) is 12.7. The molecule has 30 heavy (non-hydrogen) atoms. The zero-order valence-corrected chi connectivity index (χ0v) is 17.6. The highest BCUT2D eigenvalue weighted by Gasteiger charge is 2.22. The molecule has 0 atom stereocenters. The average Bonchev–Trinajstić information content (AvgIpc) is 2.93. The van der Waals surface area contributed by atoms with Gasteiger partial charge in [-0.05, 0) is 61.5 Å². The van der Waals surface area contributed by atoms with Gasteiger partial charge in [-0.1, -0.05) is 24.3 Å². The minimum absolute atomic E-state index is 0.232. The second-order valence-electron chi connectivity index (χ2n) is 7.68. The Balaban J connectivity index is 1.45. The van der Waals surface area contributed by atoms with Crippen LogP contribution < -0.4 is 15.0 Å². The van der Waals surface area contributed by atoms with E-state index in [-0.39, 0.29) is 5.82 Å². The van der Waals surface area contributed by atoms with Crippen molar-refractivity contribution in [3.63, 3.8) is 0 Å². The molecule has 156 valence electrons. The molecule has 0 aliphatic carbocycles. The summed E-state index contributed by atoms with van der Waals surface area (Å²) in [7, 11) is 4.08. The SMILES string of the molecule is CNc1ccc(CCN(C)CCN2c3ccc(F)cc3COc3ccccc32)cc1. The van der Waals surface area contributed by atoms with Gasteiger partial charge in [0.05, 0.1) is 5.69 Å². The Bertz CT molecular complexity index is 990. The fraction of sp³-hybridized carbons (Fsp3) is 0.280. The number of para-hydroxylation sites is 2. The lowest BCUT2D eigenvalue weighted by molar-refractivity contribution is 0.310. The standard InChI is InChI=1S/C25H28FN3O/c1-27-22-10-7-19(8-11-22)13-14-28(2)15-16-29-23-12-9-21(26)17-20(23)18-30-25-6-4-3-5-24(25)29/h3-12,17,27H,13-16,18H2,1-2H3. The van der Waals surface area contributed by atoms with Crippen LogP contribution in [0.15, 0.2) is 66.7 Å². The molecule has 1 heterocycles. The van der Waals surface area contributed by atoms with E-state index in [9.17, 15) is 4.39 Å². The van der Waals surface area contributed by atoms with Crippen molar-refractivity contribution >= 4 is 17.1 Å². The predicted octanol–water partition coefficient (Wildman–Crippen LogP) is 5.07. The van der Waals surface area contributed by atoms with E-state index in [4.69, 9.17) is 4.74 Å². The molecule has 0 spiro atoms. The zero-order chi connectivity index (χ0) is 20.9. The molecule has 0 radical (unpaired) electrons. The first kappa shape index (κ1) is 20.2. The van der Waals surface area contributed by atoms with Gasteiger partial charge in [-0.25, -0.2) is 4.39 Å². The summed E-state index contributed by atoms with van der Waals surface area (Å²) in [6, 6.07) is 21.6. The van der Waals surface area contributed by atoms with Gasteiger partial charge in [-0.15, -0.1) is 0 Å². The van der Waals surface area contributed by atoms with E-state index in [1.807, 2.05) is 31.3 Å². The van der Waals surface area contributed by atoms with Crippen LogP contribution >= 0.6 is 0 Å². The Morgan fingerprint density at radius 1 is 1.00 bits per heavy atom. The van der Waals surface area contributed by atoms with Crippen LogP contribution in [0.25, 0.3) is 0 Å². The number of hydrogen-bond acceptors (Lipinski definition) is 4. The highest BCUT2D eigenvalue weighted by atomic mass is 19.1. The number of fused-ring (bicyclic) bond motifs is 2. The second kappa shape index (κ2) is 9.18. The minimum atomic E-state index is -0.232. The second-order valence-corrected chi connectivity index (χ2v) is 7.68. The Hall–Kier alpha value is -3.05. The number of nitrogens with one attached hydrogen (secondary N) is 1. The predicted molar refractivity (Wildman–Crippen MR) is 121 cm³/mol. The van der Waals surface area contributed by atoms with Crippen molar-refractivity contribution in [2.45, 2.75) is 13.0 Å². The van der Waals surface area contributed by atoms with Crippen LogP contribution in [-0.4, -0.2) is 38.6 Å². The van der Waals surface area contributed by atoms with Crippen molar-refractivity contribution in [3.8, 4) is 5.75 Å². The van der Waals surface area contributed by atoms with E-state index < -0.39 is 0 Å². The number of ether oxygens (including phenoxy) is 1. The summed E-state index contributed by atoms with van der Waals surface area (Å²) in [6.45, 7) is 3.04. The molecule has 0 saturated heterocycles. The van der Waals surface area contributed by atoms with E-state index in [0.717, 1.165) is 54.4 Å². The number of halogens is 1. The van der Waals surface area contributed by atoms with Crippen molar-refractivity contribution in [3.05, 3.63) is 83.7 Å². The van der Waals surface area contributed by atoms with Crippen molar-refractivity contribution in [2.75, 3.05) is 43.9 Å². The zero-order valence-electron chi connectivity index (χ0n) is 17.6. The van der Waals surface area contributed by atoms with Crippen LogP contribution in [0.5, 0.6) is 5.75 Å². The molecule has 1 aliphatic heterocycles. The lowest BCUT2D eigenvalue weighted by Crippen LogP contribution is -2.32. The molecule has 4 rings (SSSR count). The maximum absolute atomic E-state index is 13.8. The van der Waals surface area contributed by atoms with Crippen LogP contribution in [0.2, 0.25) is 0 Å². The number of hydrogen-bond donors (Lipinski definition) is 1. The Morgan fingerprint density at radius 3 is 2.60 bits per heavy atom. The molecule has 0 saturated carbocycles. The minimum Gasteiger partial charge on any atom is -0.487 e. The van der Waals surface area contributed by atoms with E-state index in [2.05, 4.69) is 52.5 Å². The summed E-state index contributed by atoms with van der Waals surface area (Å²) in [5.41, 5.74) is 5.37. The van der Waals surface area contributed by atoms with Crippen LogP contribution in [0.3, 0.4) is 0 Å². The van der Waals surface area contributed by atoms with Gasteiger partial charge in [0.15, 0.2) is 0 Å². The molecule has 3 aromatic carbocycles. The molecular formula is C25H28FN3O. The van der Waals surface area contributed by atoms with Crippen LogP contribution in [0.4, 0.5) is 21.5 Å². The van der Waals surface area contributed by atoms with Crippen LogP contribution in [-0.2, 0) is 13.0 Å². The lowest BCUT2D eigenvalue weighted by Gasteiger charge is -2.28. The van der Waals surface area contributed by atoms with E-state index >= 15 is 0 Å². The summed E-state index contributed by atoms with van der Waals surface area (Å²) in [5.74, 6) is 0.603. The van der Waals surface area contributed by atoms with Crippen molar-refractivity contribution < 1.29 is 9.13 Å². The van der Waals surface area contributed by atoms with E-state index in [1.165, 1.54) is 11.6 Å². The van der Waals surface area contributed by atoms with Gasteiger partial charge in [0.1, 0.15) is 18.2 Å². The maximum Gasteiger partial charge on any atom is 0.143 e. The monoisotopic (exact) mass is 405 g/mol. The first-order valence-corrected chi connectivity index (χ1v) is 10.4. The summed E-state index contributed by atoms with van der Waals surface area (Å²) in [5, 5.41) is 3.15. The molecule has 0 fully saturated rings. The van der Waals surface area contributed by atoms with Crippen LogP contribution in [0, 0.1) is 5.82 Å². The van der Waals surface area contributed by atoms with Gasteiger partial charge >= 0.3 is 0 Å². The quantitative estimate of drug-likeness (QED) is 0.594. The number of anilines is 3. The Morgan fingerprint density at radius 2 is 1.80 bits per heavy atom. The highest BCUT2D eigenvalue weighted by molar-refractivity contribution is 5.72. The first-order chi connectivity index (χ1) is 14.6. The fourth-order valence-electron chi connectivity index (χ4n) is 3.80. The molecule has 4 nitrogen and oxygen atoms in total.